The monoisotopic (exact) mass is 331 g/mol. The molecule has 0 saturated heterocycles. The number of rotatable bonds is 4. The Kier molecular flexibility index (Phi) is 4.12. The first-order valence-corrected chi connectivity index (χ1v) is 9.03. The molecule has 0 spiro atoms. The molecule has 1 aliphatic heterocycles. The van der Waals surface area contributed by atoms with Gasteiger partial charge in [-0.25, -0.2) is 0 Å². The lowest BCUT2D eigenvalue weighted by atomic mass is 9.77. The van der Waals surface area contributed by atoms with E-state index in [9.17, 15) is 0 Å². The van der Waals surface area contributed by atoms with Crippen LogP contribution in [0, 0.1) is 12.8 Å². The van der Waals surface area contributed by atoms with Gasteiger partial charge in [0, 0.05) is 11.6 Å². The molecule has 0 fully saturated rings. The molecule has 2 aliphatic rings. The molecule has 2 aromatic rings. The van der Waals surface area contributed by atoms with Gasteiger partial charge in [-0.05, 0) is 61.1 Å². The molecule has 25 heavy (non-hydrogen) atoms. The van der Waals surface area contributed by atoms with E-state index >= 15 is 0 Å². The Morgan fingerprint density at radius 3 is 2.76 bits per heavy atom. The fourth-order valence-corrected chi connectivity index (χ4v) is 3.97. The summed E-state index contributed by atoms with van der Waals surface area (Å²) in [5.41, 5.74) is 6.29. The fourth-order valence-electron chi connectivity index (χ4n) is 3.97. The normalized spacial score (nSPS) is 23.5. The highest BCUT2D eigenvalue weighted by molar-refractivity contribution is 5.61. The summed E-state index contributed by atoms with van der Waals surface area (Å²) in [6.07, 6.45) is 5.81. The van der Waals surface area contributed by atoms with E-state index in [1.165, 1.54) is 22.4 Å². The number of allylic oxidation sites excluding steroid dienone is 2. The molecule has 0 amide bonds. The van der Waals surface area contributed by atoms with E-state index in [1.54, 1.807) is 0 Å². The van der Waals surface area contributed by atoms with Gasteiger partial charge in [0.1, 0.15) is 12.4 Å². The zero-order valence-electron chi connectivity index (χ0n) is 15.0. The first kappa shape index (κ1) is 16.0. The Hall–Kier alpha value is -2.48. The fraction of sp³-hybridized carbons (Fsp3) is 0.304. The van der Waals surface area contributed by atoms with Crippen molar-refractivity contribution in [3.8, 4) is 5.75 Å². The van der Waals surface area contributed by atoms with Gasteiger partial charge in [0.2, 0.25) is 0 Å². The Bertz CT molecular complexity index is 818. The second-order valence-electron chi connectivity index (χ2n) is 7.38. The van der Waals surface area contributed by atoms with Crippen molar-refractivity contribution >= 4 is 5.69 Å². The van der Waals surface area contributed by atoms with E-state index in [0.717, 1.165) is 17.7 Å². The van der Waals surface area contributed by atoms with Crippen molar-refractivity contribution in [2.24, 2.45) is 5.92 Å². The summed E-state index contributed by atoms with van der Waals surface area (Å²) in [5.74, 6) is 1.94. The molecule has 2 heteroatoms. The zero-order valence-corrected chi connectivity index (χ0v) is 15.0. The van der Waals surface area contributed by atoms with Crippen molar-refractivity contribution in [2.75, 3.05) is 11.9 Å². The molecular weight excluding hydrogens is 306 g/mol. The topological polar surface area (TPSA) is 21.3 Å². The molecule has 1 N–H and O–H groups in total. The minimum atomic E-state index is 0.357. The number of anilines is 1. The summed E-state index contributed by atoms with van der Waals surface area (Å²) in [6.45, 7) is 8.61. The maximum Gasteiger partial charge on any atom is 0.120 e. The van der Waals surface area contributed by atoms with Crippen molar-refractivity contribution in [2.45, 2.75) is 32.2 Å². The van der Waals surface area contributed by atoms with E-state index in [1.807, 2.05) is 6.92 Å². The van der Waals surface area contributed by atoms with Crippen LogP contribution in [0.25, 0.3) is 0 Å². The van der Waals surface area contributed by atoms with Crippen LogP contribution in [0.15, 0.2) is 66.8 Å². The van der Waals surface area contributed by atoms with Crippen molar-refractivity contribution in [1.82, 2.24) is 0 Å². The van der Waals surface area contributed by atoms with Crippen molar-refractivity contribution in [3.05, 3.63) is 83.5 Å². The Morgan fingerprint density at radius 1 is 1.20 bits per heavy atom. The van der Waals surface area contributed by atoms with Crippen LogP contribution in [0.2, 0.25) is 0 Å². The Balaban J connectivity index is 1.66. The molecule has 3 atom stereocenters. The molecule has 3 unspecified atom stereocenters. The van der Waals surface area contributed by atoms with Crippen LogP contribution in [0.5, 0.6) is 5.75 Å². The molecule has 0 radical (unpaired) electrons. The summed E-state index contributed by atoms with van der Waals surface area (Å²) in [6, 6.07) is 15.7. The van der Waals surface area contributed by atoms with Gasteiger partial charge in [-0.3, -0.25) is 0 Å². The molecule has 1 aliphatic carbocycles. The number of nitrogens with one attached hydrogen (secondary N) is 1. The lowest BCUT2D eigenvalue weighted by Gasteiger charge is -2.37. The second kappa shape index (κ2) is 6.44. The molecular formula is C23H25NO. The molecule has 0 bridgehead atoms. The summed E-state index contributed by atoms with van der Waals surface area (Å²) >= 11 is 0. The van der Waals surface area contributed by atoms with Crippen LogP contribution in [-0.4, -0.2) is 6.61 Å². The van der Waals surface area contributed by atoms with E-state index < -0.39 is 0 Å². The van der Waals surface area contributed by atoms with Crippen molar-refractivity contribution < 1.29 is 4.74 Å². The predicted molar refractivity (Wildman–Crippen MR) is 104 cm³/mol. The molecule has 128 valence electrons. The smallest absolute Gasteiger partial charge is 0.120 e. The van der Waals surface area contributed by atoms with Gasteiger partial charge in [-0.15, -0.1) is 0 Å². The summed E-state index contributed by atoms with van der Waals surface area (Å²) in [4.78, 5) is 0. The van der Waals surface area contributed by atoms with E-state index in [-0.39, 0.29) is 0 Å². The quantitative estimate of drug-likeness (QED) is 0.717. The van der Waals surface area contributed by atoms with E-state index in [0.29, 0.717) is 24.5 Å². The molecule has 2 aromatic carbocycles. The van der Waals surface area contributed by atoms with Crippen molar-refractivity contribution in [3.63, 3.8) is 0 Å². The van der Waals surface area contributed by atoms with Crippen LogP contribution in [-0.2, 0) is 0 Å². The maximum absolute atomic E-state index is 5.86. The number of ether oxygens (including phenoxy) is 1. The van der Waals surface area contributed by atoms with Gasteiger partial charge >= 0.3 is 0 Å². The largest absolute Gasteiger partial charge is 0.489 e. The van der Waals surface area contributed by atoms with Crippen LogP contribution >= 0.6 is 0 Å². The van der Waals surface area contributed by atoms with Crippen LogP contribution in [0.4, 0.5) is 5.69 Å². The molecule has 1 heterocycles. The van der Waals surface area contributed by atoms with Crippen LogP contribution in [0.3, 0.4) is 0 Å². The highest BCUT2D eigenvalue weighted by Crippen LogP contribution is 2.50. The third-order valence-electron chi connectivity index (χ3n) is 5.26. The van der Waals surface area contributed by atoms with Gasteiger partial charge in [0.05, 0.1) is 6.04 Å². The van der Waals surface area contributed by atoms with Crippen LogP contribution < -0.4 is 10.1 Å². The first-order valence-electron chi connectivity index (χ1n) is 9.03. The summed E-state index contributed by atoms with van der Waals surface area (Å²) < 4.78 is 5.86. The number of benzene rings is 2. The standard InChI is InChI=1S/C23H25NO/c1-15(2)14-25-18-11-12-22-21(13-18)19-5-4-6-20(19)23(24-22)17-9-7-16(3)8-10-17/h4-5,7-13,19-20,23-24H,1,6,14H2,2-3H3. The van der Waals surface area contributed by atoms with Crippen LogP contribution in [0.1, 0.15) is 42.0 Å². The first-order chi connectivity index (χ1) is 12.1. The average molecular weight is 331 g/mol. The number of fused-ring (bicyclic) bond motifs is 3. The summed E-state index contributed by atoms with van der Waals surface area (Å²) in [5, 5.41) is 3.78. The van der Waals surface area contributed by atoms with Gasteiger partial charge in [-0.1, -0.05) is 48.6 Å². The highest BCUT2D eigenvalue weighted by atomic mass is 16.5. The molecule has 4 rings (SSSR count). The lowest BCUT2D eigenvalue weighted by molar-refractivity contribution is 0.350. The second-order valence-corrected chi connectivity index (χ2v) is 7.38. The van der Waals surface area contributed by atoms with Gasteiger partial charge in [0.15, 0.2) is 0 Å². The molecule has 2 nitrogen and oxygen atoms in total. The molecule has 0 aromatic heterocycles. The number of hydrogen-bond acceptors (Lipinski definition) is 2. The third kappa shape index (κ3) is 3.09. The number of aryl methyl sites for hydroxylation is 1. The third-order valence-corrected chi connectivity index (χ3v) is 5.26. The SMILES string of the molecule is C=C(C)COc1ccc2c(c1)C1C=CCC1C(c1ccc(C)cc1)N2. The molecule has 0 saturated carbocycles. The van der Waals surface area contributed by atoms with Gasteiger partial charge < -0.3 is 10.1 Å². The van der Waals surface area contributed by atoms with Gasteiger partial charge in [-0.2, -0.15) is 0 Å². The minimum Gasteiger partial charge on any atom is -0.489 e. The van der Waals surface area contributed by atoms with E-state index in [2.05, 4.69) is 73.4 Å². The maximum atomic E-state index is 5.86. The highest BCUT2D eigenvalue weighted by Gasteiger charge is 2.37. The Labute approximate surface area is 150 Å². The predicted octanol–water partition coefficient (Wildman–Crippen LogP) is 5.78. The van der Waals surface area contributed by atoms with Gasteiger partial charge in [0.25, 0.3) is 0 Å². The summed E-state index contributed by atoms with van der Waals surface area (Å²) in [7, 11) is 0. The minimum absolute atomic E-state index is 0.357. The average Bonchev–Trinajstić information content (AvgIpc) is 3.10. The zero-order chi connectivity index (χ0) is 17.4. The van der Waals surface area contributed by atoms with E-state index in [4.69, 9.17) is 4.74 Å². The number of hydrogen-bond donors (Lipinski definition) is 1. The lowest BCUT2D eigenvalue weighted by Crippen LogP contribution is -2.29. The Morgan fingerprint density at radius 2 is 2.00 bits per heavy atom. The van der Waals surface area contributed by atoms with Crippen molar-refractivity contribution in [1.29, 1.82) is 0 Å².